The molecule has 0 saturated carbocycles. The Morgan fingerprint density at radius 3 is 2.70 bits per heavy atom. The highest BCUT2D eigenvalue weighted by molar-refractivity contribution is 5.61. The monoisotopic (exact) mass is 277 g/mol. The van der Waals surface area contributed by atoms with Crippen LogP contribution >= 0.6 is 0 Å². The summed E-state index contributed by atoms with van der Waals surface area (Å²) in [7, 11) is 2.19. The fourth-order valence-electron chi connectivity index (χ4n) is 2.53. The van der Waals surface area contributed by atoms with Crippen molar-refractivity contribution >= 4 is 11.4 Å². The first kappa shape index (κ1) is 15.0. The van der Waals surface area contributed by atoms with Crippen molar-refractivity contribution in [3.63, 3.8) is 0 Å². The molecular weight excluding hydrogens is 250 g/mol. The molecule has 0 aromatic heterocycles. The minimum atomic E-state index is 0.140. The lowest BCUT2D eigenvalue weighted by Gasteiger charge is -2.29. The second kappa shape index (κ2) is 6.84. The summed E-state index contributed by atoms with van der Waals surface area (Å²) in [4.78, 5) is 2.40. The van der Waals surface area contributed by atoms with Crippen LogP contribution in [0.1, 0.15) is 26.7 Å². The van der Waals surface area contributed by atoms with Gasteiger partial charge in [-0.25, -0.2) is 0 Å². The molecule has 1 heterocycles. The summed E-state index contributed by atoms with van der Waals surface area (Å²) in [5.74, 6) is 1.53. The average molecular weight is 277 g/mol. The molecule has 0 spiro atoms. The molecule has 1 fully saturated rings. The third kappa shape index (κ3) is 4.30. The van der Waals surface area contributed by atoms with E-state index in [1.807, 2.05) is 32.0 Å². The standard InChI is InChI=1S/C16H27N3O/c1-12(2)20-16-10-14(4-5-15(16)17)18-11-13-6-8-19(3)9-7-13/h4-5,10,12-13,18H,6-9,11,17H2,1-3H3. The van der Waals surface area contributed by atoms with E-state index in [4.69, 9.17) is 10.5 Å². The molecule has 1 aliphatic rings. The van der Waals surface area contributed by atoms with Crippen molar-refractivity contribution in [2.24, 2.45) is 5.92 Å². The van der Waals surface area contributed by atoms with Crippen molar-refractivity contribution in [2.45, 2.75) is 32.8 Å². The van der Waals surface area contributed by atoms with Gasteiger partial charge in [-0.3, -0.25) is 0 Å². The van der Waals surface area contributed by atoms with E-state index in [0.29, 0.717) is 5.69 Å². The van der Waals surface area contributed by atoms with Crippen molar-refractivity contribution in [1.29, 1.82) is 0 Å². The van der Waals surface area contributed by atoms with Crippen LogP contribution in [0.3, 0.4) is 0 Å². The number of anilines is 2. The average Bonchev–Trinajstić information content (AvgIpc) is 2.41. The van der Waals surface area contributed by atoms with E-state index in [9.17, 15) is 0 Å². The van der Waals surface area contributed by atoms with E-state index >= 15 is 0 Å². The van der Waals surface area contributed by atoms with Gasteiger partial charge in [0.15, 0.2) is 0 Å². The predicted molar refractivity (Wildman–Crippen MR) is 85.3 cm³/mol. The third-order valence-electron chi connectivity index (χ3n) is 3.81. The first-order valence-electron chi connectivity index (χ1n) is 7.53. The lowest BCUT2D eigenvalue weighted by Crippen LogP contribution is -2.32. The Labute approximate surface area is 122 Å². The van der Waals surface area contributed by atoms with Gasteiger partial charge in [0.1, 0.15) is 5.75 Å². The minimum Gasteiger partial charge on any atom is -0.489 e. The van der Waals surface area contributed by atoms with Gasteiger partial charge < -0.3 is 20.7 Å². The molecule has 0 radical (unpaired) electrons. The smallest absolute Gasteiger partial charge is 0.144 e. The van der Waals surface area contributed by atoms with Gasteiger partial charge in [0.25, 0.3) is 0 Å². The van der Waals surface area contributed by atoms with Crippen molar-refractivity contribution in [1.82, 2.24) is 4.90 Å². The molecule has 0 atom stereocenters. The van der Waals surface area contributed by atoms with Crippen LogP contribution in [0, 0.1) is 5.92 Å². The first-order valence-corrected chi connectivity index (χ1v) is 7.53. The molecule has 4 heteroatoms. The van der Waals surface area contributed by atoms with Crippen LogP contribution in [0.5, 0.6) is 5.75 Å². The lowest BCUT2D eigenvalue weighted by atomic mass is 9.97. The highest BCUT2D eigenvalue weighted by Gasteiger charge is 2.16. The number of benzene rings is 1. The normalized spacial score (nSPS) is 17.4. The molecule has 112 valence electrons. The van der Waals surface area contributed by atoms with Gasteiger partial charge in [-0.2, -0.15) is 0 Å². The molecule has 1 aliphatic heterocycles. The van der Waals surface area contributed by atoms with Crippen LogP contribution in [0.15, 0.2) is 18.2 Å². The zero-order valence-electron chi connectivity index (χ0n) is 12.9. The summed E-state index contributed by atoms with van der Waals surface area (Å²) in [6, 6.07) is 5.94. The molecule has 0 unspecified atom stereocenters. The topological polar surface area (TPSA) is 50.5 Å². The van der Waals surface area contributed by atoms with Crippen molar-refractivity contribution in [3.05, 3.63) is 18.2 Å². The van der Waals surface area contributed by atoms with Gasteiger partial charge in [-0.05, 0) is 64.9 Å². The van der Waals surface area contributed by atoms with E-state index < -0.39 is 0 Å². The van der Waals surface area contributed by atoms with Gasteiger partial charge in [0, 0.05) is 18.3 Å². The number of ether oxygens (including phenoxy) is 1. The van der Waals surface area contributed by atoms with Crippen LogP contribution in [0.4, 0.5) is 11.4 Å². The summed E-state index contributed by atoms with van der Waals surface area (Å²) in [5, 5.41) is 3.52. The second-order valence-electron chi connectivity index (χ2n) is 6.05. The van der Waals surface area contributed by atoms with Crippen LogP contribution in [0.25, 0.3) is 0 Å². The SMILES string of the molecule is CC(C)Oc1cc(NCC2CCN(C)CC2)ccc1N. The molecule has 20 heavy (non-hydrogen) atoms. The van der Waals surface area contributed by atoms with Gasteiger partial charge in [0.05, 0.1) is 11.8 Å². The summed E-state index contributed by atoms with van der Waals surface area (Å²) in [6.07, 6.45) is 2.68. The Hall–Kier alpha value is -1.42. The predicted octanol–water partition coefficient (Wildman–Crippen LogP) is 2.81. The maximum absolute atomic E-state index is 5.93. The minimum absolute atomic E-state index is 0.140. The van der Waals surface area contributed by atoms with E-state index in [0.717, 1.165) is 23.9 Å². The zero-order valence-corrected chi connectivity index (χ0v) is 12.9. The van der Waals surface area contributed by atoms with Crippen LogP contribution in [-0.2, 0) is 0 Å². The summed E-state index contributed by atoms with van der Waals surface area (Å²) in [6.45, 7) is 7.46. The number of nitrogen functional groups attached to an aromatic ring is 1. The van der Waals surface area contributed by atoms with Gasteiger partial charge in [-0.15, -0.1) is 0 Å². The molecule has 0 aliphatic carbocycles. The Morgan fingerprint density at radius 2 is 2.05 bits per heavy atom. The summed E-state index contributed by atoms with van der Waals surface area (Å²) >= 11 is 0. The molecule has 2 rings (SSSR count). The molecule has 3 N–H and O–H groups in total. The van der Waals surface area contributed by atoms with E-state index in [1.54, 1.807) is 0 Å². The van der Waals surface area contributed by atoms with Crippen molar-refractivity contribution in [3.8, 4) is 5.75 Å². The Balaban J connectivity index is 1.89. The Morgan fingerprint density at radius 1 is 1.35 bits per heavy atom. The summed E-state index contributed by atoms with van der Waals surface area (Å²) in [5.41, 5.74) is 7.72. The van der Waals surface area contributed by atoms with Crippen LogP contribution < -0.4 is 15.8 Å². The number of likely N-dealkylation sites (tertiary alicyclic amines) is 1. The fourth-order valence-corrected chi connectivity index (χ4v) is 2.53. The van der Waals surface area contributed by atoms with Gasteiger partial charge >= 0.3 is 0 Å². The number of nitrogens with two attached hydrogens (primary N) is 1. The lowest BCUT2D eigenvalue weighted by molar-refractivity contribution is 0.226. The van der Waals surface area contributed by atoms with Crippen molar-refractivity contribution < 1.29 is 4.74 Å². The summed E-state index contributed by atoms with van der Waals surface area (Å²) < 4.78 is 5.72. The van der Waals surface area contributed by atoms with E-state index in [-0.39, 0.29) is 6.10 Å². The van der Waals surface area contributed by atoms with Crippen molar-refractivity contribution in [2.75, 3.05) is 37.7 Å². The first-order chi connectivity index (χ1) is 9.54. The number of rotatable bonds is 5. The number of hydrogen-bond acceptors (Lipinski definition) is 4. The van der Waals surface area contributed by atoms with Crippen LogP contribution in [-0.4, -0.2) is 37.7 Å². The van der Waals surface area contributed by atoms with E-state index in [1.165, 1.54) is 25.9 Å². The fraction of sp³-hybridized carbons (Fsp3) is 0.625. The van der Waals surface area contributed by atoms with Gasteiger partial charge in [0.2, 0.25) is 0 Å². The Bertz CT molecular complexity index is 426. The highest BCUT2D eigenvalue weighted by Crippen LogP contribution is 2.27. The molecule has 0 bridgehead atoms. The maximum atomic E-state index is 5.93. The number of nitrogens with zero attached hydrogens (tertiary/aromatic N) is 1. The quantitative estimate of drug-likeness (QED) is 0.813. The molecule has 4 nitrogen and oxygen atoms in total. The third-order valence-corrected chi connectivity index (χ3v) is 3.81. The maximum Gasteiger partial charge on any atom is 0.144 e. The molecule has 1 saturated heterocycles. The van der Waals surface area contributed by atoms with Crippen LogP contribution in [0.2, 0.25) is 0 Å². The zero-order chi connectivity index (χ0) is 14.5. The molecule has 0 amide bonds. The second-order valence-corrected chi connectivity index (χ2v) is 6.05. The molecule has 1 aromatic carbocycles. The number of piperidine rings is 1. The van der Waals surface area contributed by atoms with Gasteiger partial charge in [-0.1, -0.05) is 0 Å². The highest BCUT2D eigenvalue weighted by atomic mass is 16.5. The largest absolute Gasteiger partial charge is 0.489 e. The van der Waals surface area contributed by atoms with E-state index in [2.05, 4.69) is 17.3 Å². The molecule has 1 aromatic rings. The number of hydrogen-bond donors (Lipinski definition) is 2. The Kier molecular flexibility index (Phi) is 5.12. The number of nitrogens with one attached hydrogen (secondary N) is 1. The molecular formula is C16H27N3O.